The average Bonchev–Trinajstić information content (AvgIpc) is 2.85. The molecule has 0 spiro atoms. The lowest BCUT2D eigenvalue weighted by Gasteiger charge is -2.34. The van der Waals surface area contributed by atoms with Crippen LogP contribution >= 0.6 is 0 Å². The number of nitriles is 1. The molecule has 0 saturated carbocycles. The van der Waals surface area contributed by atoms with Crippen molar-refractivity contribution >= 4 is 40.3 Å². The summed E-state index contributed by atoms with van der Waals surface area (Å²) >= 11 is 0. The zero-order chi connectivity index (χ0) is 24.1. The van der Waals surface area contributed by atoms with Gasteiger partial charge < -0.3 is 26.2 Å². The molecule has 1 fully saturated rings. The molecule has 0 bridgehead atoms. The number of piperazine rings is 1. The minimum atomic E-state index is -0.609. The molecule has 0 aliphatic carbocycles. The van der Waals surface area contributed by atoms with Gasteiger partial charge in [-0.25, -0.2) is 4.98 Å². The predicted molar refractivity (Wildman–Crippen MR) is 134 cm³/mol. The van der Waals surface area contributed by atoms with Crippen molar-refractivity contribution < 1.29 is 4.79 Å². The Morgan fingerprint density at radius 1 is 1.12 bits per heavy atom. The standard InChI is InChI=1S/C25H26N8O/c1-17(23(27)34)21-9-8-20(33-12-10-32(2)11-13-33)14-22(21)30-25-28-16-18(15-26)24(31-25)29-19-6-4-3-5-7-19/h3-9,14,16H,1,10-13H2,2H3,(H2,27,34)(H2,28,29,30,31). The number of likely N-dealkylation sites (N-methyl/N-ethyl adjacent to an activating group) is 1. The van der Waals surface area contributed by atoms with Gasteiger partial charge in [0.2, 0.25) is 11.9 Å². The number of hydrogen-bond acceptors (Lipinski definition) is 8. The number of para-hydroxylation sites is 1. The third-order valence-electron chi connectivity index (χ3n) is 5.69. The van der Waals surface area contributed by atoms with E-state index in [1.165, 1.54) is 6.20 Å². The first-order valence-electron chi connectivity index (χ1n) is 10.9. The molecule has 2 aromatic carbocycles. The molecule has 1 amide bonds. The second-order valence-corrected chi connectivity index (χ2v) is 8.05. The first-order valence-corrected chi connectivity index (χ1v) is 10.9. The Bertz CT molecular complexity index is 1240. The first kappa shape index (κ1) is 22.8. The van der Waals surface area contributed by atoms with E-state index in [1.807, 2.05) is 48.5 Å². The van der Waals surface area contributed by atoms with Crippen LogP contribution < -0.4 is 21.3 Å². The summed E-state index contributed by atoms with van der Waals surface area (Å²) < 4.78 is 0. The smallest absolute Gasteiger partial charge is 0.248 e. The summed E-state index contributed by atoms with van der Waals surface area (Å²) in [6.45, 7) is 7.56. The molecule has 3 aromatic rings. The normalized spacial score (nSPS) is 13.7. The van der Waals surface area contributed by atoms with Gasteiger partial charge in [0.15, 0.2) is 5.82 Å². The van der Waals surface area contributed by atoms with Gasteiger partial charge in [-0.3, -0.25) is 4.79 Å². The maximum atomic E-state index is 11.9. The number of rotatable bonds is 7. The SMILES string of the molecule is C=C(C(N)=O)c1ccc(N2CCN(C)CC2)cc1Nc1ncc(C#N)c(Nc2ccccc2)n1. The fourth-order valence-electron chi connectivity index (χ4n) is 3.69. The van der Waals surface area contributed by atoms with Crippen LogP contribution in [0.15, 0.2) is 61.3 Å². The molecule has 0 unspecified atom stereocenters. The zero-order valence-corrected chi connectivity index (χ0v) is 19.0. The van der Waals surface area contributed by atoms with Gasteiger partial charge >= 0.3 is 0 Å². The van der Waals surface area contributed by atoms with Crippen molar-refractivity contribution in [3.05, 3.63) is 72.4 Å². The lowest BCUT2D eigenvalue weighted by atomic mass is 10.0. The van der Waals surface area contributed by atoms with E-state index < -0.39 is 5.91 Å². The predicted octanol–water partition coefficient (Wildman–Crippen LogP) is 3.09. The molecule has 1 aliphatic rings. The minimum Gasteiger partial charge on any atom is -0.369 e. The Morgan fingerprint density at radius 3 is 2.53 bits per heavy atom. The molecule has 4 N–H and O–H groups in total. The van der Waals surface area contributed by atoms with Gasteiger partial charge in [-0.15, -0.1) is 0 Å². The number of hydrogen-bond donors (Lipinski definition) is 3. The molecule has 4 rings (SSSR count). The largest absolute Gasteiger partial charge is 0.369 e. The molecule has 34 heavy (non-hydrogen) atoms. The summed E-state index contributed by atoms with van der Waals surface area (Å²) in [6, 6.07) is 17.3. The number of amides is 1. The highest BCUT2D eigenvalue weighted by Gasteiger charge is 2.18. The Morgan fingerprint density at radius 2 is 1.85 bits per heavy atom. The van der Waals surface area contributed by atoms with Gasteiger partial charge in [0.1, 0.15) is 11.6 Å². The Labute approximate surface area is 198 Å². The van der Waals surface area contributed by atoms with Crippen LogP contribution in [0.1, 0.15) is 11.1 Å². The van der Waals surface area contributed by atoms with Crippen molar-refractivity contribution in [1.29, 1.82) is 5.26 Å². The summed E-state index contributed by atoms with van der Waals surface area (Å²) in [5.41, 5.74) is 8.98. The molecule has 172 valence electrons. The van der Waals surface area contributed by atoms with Gasteiger partial charge in [0.25, 0.3) is 0 Å². The van der Waals surface area contributed by atoms with Crippen LogP contribution in [0.5, 0.6) is 0 Å². The molecule has 1 aliphatic heterocycles. The van der Waals surface area contributed by atoms with Crippen LogP contribution in [0.4, 0.5) is 28.8 Å². The van der Waals surface area contributed by atoms with Crippen molar-refractivity contribution in [2.24, 2.45) is 5.73 Å². The van der Waals surface area contributed by atoms with Gasteiger partial charge in [-0.2, -0.15) is 10.2 Å². The van der Waals surface area contributed by atoms with Crippen LogP contribution in [0.2, 0.25) is 0 Å². The molecular formula is C25H26N8O. The number of carbonyl (C=O) groups is 1. The number of anilines is 5. The van der Waals surface area contributed by atoms with E-state index in [1.54, 1.807) is 0 Å². The fraction of sp³-hybridized carbons (Fsp3) is 0.200. The number of nitrogens with one attached hydrogen (secondary N) is 2. The fourth-order valence-corrected chi connectivity index (χ4v) is 3.69. The van der Waals surface area contributed by atoms with Crippen molar-refractivity contribution in [3.63, 3.8) is 0 Å². The van der Waals surface area contributed by atoms with E-state index >= 15 is 0 Å². The van der Waals surface area contributed by atoms with E-state index in [0.29, 0.717) is 22.6 Å². The van der Waals surface area contributed by atoms with Gasteiger partial charge in [0.05, 0.1) is 11.9 Å². The number of benzene rings is 2. The third kappa shape index (κ3) is 5.14. The summed E-state index contributed by atoms with van der Waals surface area (Å²) in [5, 5.41) is 15.8. The minimum absolute atomic E-state index is 0.184. The van der Waals surface area contributed by atoms with Crippen LogP contribution in [-0.2, 0) is 4.79 Å². The first-order chi connectivity index (χ1) is 16.4. The van der Waals surface area contributed by atoms with Crippen LogP contribution in [0.3, 0.4) is 0 Å². The lowest BCUT2D eigenvalue weighted by Crippen LogP contribution is -2.44. The summed E-state index contributed by atoms with van der Waals surface area (Å²) in [7, 11) is 2.10. The highest BCUT2D eigenvalue weighted by Crippen LogP contribution is 2.31. The molecule has 9 heteroatoms. The lowest BCUT2D eigenvalue weighted by molar-refractivity contribution is -0.112. The van der Waals surface area contributed by atoms with Crippen LogP contribution in [0.25, 0.3) is 5.57 Å². The quantitative estimate of drug-likeness (QED) is 0.466. The van der Waals surface area contributed by atoms with Gasteiger partial charge in [-0.05, 0) is 31.3 Å². The average molecular weight is 455 g/mol. The van der Waals surface area contributed by atoms with E-state index in [9.17, 15) is 10.1 Å². The number of nitrogens with two attached hydrogens (primary N) is 1. The van der Waals surface area contributed by atoms with E-state index in [4.69, 9.17) is 5.73 Å². The molecule has 2 heterocycles. The molecule has 9 nitrogen and oxygen atoms in total. The highest BCUT2D eigenvalue weighted by molar-refractivity contribution is 6.19. The van der Waals surface area contributed by atoms with Crippen molar-refractivity contribution in [2.45, 2.75) is 0 Å². The maximum absolute atomic E-state index is 11.9. The molecule has 1 saturated heterocycles. The van der Waals surface area contributed by atoms with E-state index in [0.717, 1.165) is 37.6 Å². The molecule has 0 atom stereocenters. The Kier molecular flexibility index (Phi) is 6.71. The van der Waals surface area contributed by atoms with Crippen LogP contribution in [-0.4, -0.2) is 54.0 Å². The van der Waals surface area contributed by atoms with Crippen LogP contribution in [0, 0.1) is 11.3 Å². The summed E-state index contributed by atoms with van der Waals surface area (Å²) in [4.78, 5) is 25.2. The number of primary amides is 1. The maximum Gasteiger partial charge on any atom is 0.248 e. The summed E-state index contributed by atoms with van der Waals surface area (Å²) in [5.74, 6) is 0.0331. The van der Waals surface area contributed by atoms with Crippen molar-refractivity contribution in [3.8, 4) is 6.07 Å². The zero-order valence-electron chi connectivity index (χ0n) is 19.0. The Hall–Kier alpha value is -4.42. The summed E-state index contributed by atoms with van der Waals surface area (Å²) in [6.07, 6.45) is 1.45. The van der Waals surface area contributed by atoms with E-state index in [-0.39, 0.29) is 11.5 Å². The number of carbonyl (C=O) groups excluding carboxylic acids is 1. The molecule has 1 aromatic heterocycles. The third-order valence-corrected chi connectivity index (χ3v) is 5.69. The number of nitrogens with zero attached hydrogens (tertiary/aromatic N) is 5. The number of aromatic nitrogens is 2. The molecule has 0 radical (unpaired) electrons. The second-order valence-electron chi connectivity index (χ2n) is 8.05. The highest BCUT2D eigenvalue weighted by atomic mass is 16.1. The van der Waals surface area contributed by atoms with E-state index in [2.05, 4.69) is 50.1 Å². The van der Waals surface area contributed by atoms with Gasteiger partial charge in [0, 0.05) is 48.7 Å². The Balaban J connectivity index is 1.68. The van der Waals surface area contributed by atoms with Crippen molar-refractivity contribution in [1.82, 2.24) is 14.9 Å². The van der Waals surface area contributed by atoms with Crippen molar-refractivity contribution in [2.75, 3.05) is 48.8 Å². The topological polar surface area (TPSA) is 123 Å². The monoisotopic (exact) mass is 454 g/mol. The van der Waals surface area contributed by atoms with Gasteiger partial charge in [-0.1, -0.05) is 30.8 Å². The second kappa shape index (κ2) is 10.0. The molecular weight excluding hydrogens is 428 g/mol.